The van der Waals surface area contributed by atoms with E-state index in [4.69, 9.17) is 4.74 Å². The van der Waals surface area contributed by atoms with E-state index in [0.717, 1.165) is 30.9 Å². The predicted octanol–water partition coefficient (Wildman–Crippen LogP) is 1.41. The molecule has 2 atom stereocenters. The molecule has 0 radical (unpaired) electrons. The van der Waals surface area contributed by atoms with E-state index in [1.165, 1.54) is 0 Å². The summed E-state index contributed by atoms with van der Waals surface area (Å²) in [6, 6.07) is 5.45. The fourth-order valence-electron chi connectivity index (χ4n) is 3.42. The molecular weight excluding hydrogens is 306 g/mol. The van der Waals surface area contributed by atoms with Crippen molar-refractivity contribution < 1.29 is 14.3 Å². The largest absolute Gasteiger partial charge is 0.373 e. The molecule has 2 amide bonds. The lowest BCUT2D eigenvalue weighted by atomic mass is 10.00. The minimum absolute atomic E-state index is 0.0358. The third-order valence-electron chi connectivity index (χ3n) is 4.47. The first kappa shape index (κ1) is 16.9. The standard InChI is InChI=1S/C18H25N3O3/c1-12-10-21(11-13(2)24-12)8-7-19-18(23)15-3-5-16-14(9-15)4-6-17(22)20-16/h3,5,9,12-13H,4,6-8,10-11H2,1-2H3,(H,19,23)(H,20,22)/t12-,13-/m0/s1. The second-order valence-corrected chi connectivity index (χ2v) is 6.69. The molecule has 2 aliphatic rings. The Kier molecular flexibility index (Phi) is 5.16. The van der Waals surface area contributed by atoms with Crippen molar-refractivity contribution in [2.45, 2.75) is 38.9 Å². The van der Waals surface area contributed by atoms with Gasteiger partial charge >= 0.3 is 0 Å². The SMILES string of the molecule is C[C@H]1CN(CCNC(=O)c2ccc3c(c2)CCC(=O)N3)C[C@H](C)O1. The van der Waals surface area contributed by atoms with Crippen molar-refractivity contribution in [3.63, 3.8) is 0 Å². The maximum Gasteiger partial charge on any atom is 0.251 e. The number of morpholine rings is 1. The van der Waals surface area contributed by atoms with Gasteiger partial charge in [0.2, 0.25) is 5.91 Å². The zero-order chi connectivity index (χ0) is 17.1. The minimum Gasteiger partial charge on any atom is -0.373 e. The van der Waals surface area contributed by atoms with E-state index in [1.54, 1.807) is 6.07 Å². The third kappa shape index (κ3) is 4.13. The van der Waals surface area contributed by atoms with Gasteiger partial charge in [-0.3, -0.25) is 14.5 Å². The second kappa shape index (κ2) is 7.32. The Morgan fingerprint density at radius 3 is 2.79 bits per heavy atom. The number of ether oxygens (including phenoxy) is 1. The molecule has 130 valence electrons. The van der Waals surface area contributed by atoms with Gasteiger partial charge in [0.15, 0.2) is 0 Å². The molecule has 6 heteroatoms. The molecule has 0 aromatic heterocycles. The summed E-state index contributed by atoms with van der Waals surface area (Å²) in [5.74, 6) is -0.0299. The number of aryl methyl sites for hydroxylation is 1. The molecule has 2 heterocycles. The van der Waals surface area contributed by atoms with Crippen LogP contribution in [0.3, 0.4) is 0 Å². The molecular formula is C18H25N3O3. The summed E-state index contributed by atoms with van der Waals surface area (Å²) in [5.41, 5.74) is 2.49. The molecule has 0 unspecified atom stereocenters. The molecule has 2 N–H and O–H groups in total. The van der Waals surface area contributed by atoms with E-state index < -0.39 is 0 Å². The van der Waals surface area contributed by atoms with Crippen LogP contribution in [-0.2, 0) is 16.0 Å². The first-order valence-electron chi connectivity index (χ1n) is 8.60. The van der Waals surface area contributed by atoms with Gasteiger partial charge in [0.1, 0.15) is 0 Å². The number of fused-ring (bicyclic) bond motifs is 1. The number of carbonyl (C=O) groups excluding carboxylic acids is 2. The number of rotatable bonds is 4. The molecule has 0 aliphatic carbocycles. The molecule has 1 saturated heterocycles. The number of hydrogen-bond acceptors (Lipinski definition) is 4. The number of hydrogen-bond donors (Lipinski definition) is 2. The monoisotopic (exact) mass is 331 g/mol. The molecule has 24 heavy (non-hydrogen) atoms. The highest BCUT2D eigenvalue weighted by molar-refractivity contribution is 5.97. The van der Waals surface area contributed by atoms with Crippen LogP contribution in [0.2, 0.25) is 0 Å². The van der Waals surface area contributed by atoms with Crippen LogP contribution in [0.15, 0.2) is 18.2 Å². The molecule has 1 aromatic carbocycles. The average Bonchev–Trinajstić information content (AvgIpc) is 2.53. The quantitative estimate of drug-likeness (QED) is 0.875. The summed E-state index contributed by atoms with van der Waals surface area (Å²) in [6.45, 7) is 7.40. The summed E-state index contributed by atoms with van der Waals surface area (Å²) < 4.78 is 5.71. The van der Waals surface area contributed by atoms with Crippen molar-refractivity contribution in [2.24, 2.45) is 0 Å². The van der Waals surface area contributed by atoms with Crippen LogP contribution in [0, 0.1) is 0 Å². The summed E-state index contributed by atoms with van der Waals surface area (Å²) >= 11 is 0. The first-order chi connectivity index (χ1) is 11.5. The smallest absolute Gasteiger partial charge is 0.251 e. The fourth-order valence-corrected chi connectivity index (χ4v) is 3.42. The molecule has 2 aliphatic heterocycles. The number of benzene rings is 1. The van der Waals surface area contributed by atoms with Gasteiger partial charge in [-0.05, 0) is 44.0 Å². The van der Waals surface area contributed by atoms with E-state index in [1.807, 2.05) is 12.1 Å². The maximum atomic E-state index is 12.3. The lowest BCUT2D eigenvalue weighted by Crippen LogP contribution is -2.47. The highest BCUT2D eigenvalue weighted by Gasteiger charge is 2.22. The fraction of sp³-hybridized carbons (Fsp3) is 0.556. The molecule has 0 spiro atoms. The van der Waals surface area contributed by atoms with Crippen LogP contribution in [0.1, 0.15) is 36.2 Å². The summed E-state index contributed by atoms with van der Waals surface area (Å²) in [4.78, 5) is 26.0. The van der Waals surface area contributed by atoms with Crippen LogP contribution >= 0.6 is 0 Å². The third-order valence-corrected chi connectivity index (χ3v) is 4.47. The predicted molar refractivity (Wildman–Crippen MR) is 92.2 cm³/mol. The molecule has 1 fully saturated rings. The number of amides is 2. The average molecular weight is 331 g/mol. The molecule has 1 aromatic rings. The van der Waals surface area contributed by atoms with Crippen LogP contribution in [-0.4, -0.2) is 55.1 Å². The topological polar surface area (TPSA) is 70.7 Å². The van der Waals surface area contributed by atoms with Crippen molar-refractivity contribution in [1.82, 2.24) is 10.2 Å². The Morgan fingerprint density at radius 2 is 2.04 bits per heavy atom. The maximum absolute atomic E-state index is 12.3. The van der Waals surface area contributed by atoms with Gasteiger partial charge in [-0.25, -0.2) is 0 Å². The highest BCUT2D eigenvalue weighted by Crippen LogP contribution is 2.23. The minimum atomic E-state index is -0.0657. The molecule has 0 saturated carbocycles. The van der Waals surface area contributed by atoms with Crippen LogP contribution in [0.25, 0.3) is 0 Å². The number of nitrogens with zero attached hydrogens (tertiary/aromatic N) is 1. The van der Waals surface area contributed by atoms with E-state index >= 15 is 0 Å². The van der Waals surface area contributed by atoms with Crippen LogP contribution in [0.5, 0.6) is 0 Å². The summed E-state index contributed by atoms with van der Waals surface area (Å²) in [6.07, 6.45) is 1.64. The van der Waals surface area contributed by atoms with Gasteiger partial charge in [0.25, 0.3) is 5.91 Å². The van der Waals surface area contributed by atoms with Crippen molar-refractivity contribution in [2.75, 3.05) is 31.5 Å². The van der Waals surface area contributed by atoms with Crippen LogP contribution in [0.4, 0.5) is 5.69 Å². The van der Waals surface area contributed by atoms with E-state index in [2.05, 4.69) is 29.4 Å². The number of carbonyl (C=O) groups is 2. The zero-order valence-corrected chi connectivity index (χ0v) is 14.3. The van der Waals surface area contributed by atoms with Gasteiger partial charge < -0.3 is 15.4 Å². The van der Waals surface area contributed by atoms with Gasteiger partial charge in [0, 0.05) is 43.9 Å². The van der Waals surface area contributed by atoms with Gasteiger partial charge in [-0.2, -0.15) is 0 Å². The summed E-state index contributed by atoms with van der Waals surface area (Å²) in [5, 5.41) is 5.81. The van der Waals surface area contributed by atoms with Crippen molar-refractivity contribution in [1.29, 1.82) is 0 Å². The van der Waals surface area contributed by atoms with Crippen molar-refractivity contribution >= 4 is 17.5 Å². The van der Waals surface area contributed by atoms with E-state index in [-0.39, 0.29) is 24.0 Å². The number of anilines is 1. The van der Waals surface area contributed by atoms with Crippen molar-refractivity contribution in [3.05, 3.63) is 29.3 Å². The van der Waals surface area contributed by atoms with Gasteiger partial charge in [0.05, 0.1) is 12.2 Å². The second-order valence-electron chi connectivity index (χ2n) is 6.69. The zero-order valence-electron chi connectivity index (χ0n) is 14.3. The Bertz CT molecular complexity index is 622. The Morgan fingerprint density at radius 1 is 1.29 bits per heavy atom. The van der Waals surface area contributed by atoms with Gasteiger partial charge in [-0.15, -0.1) is 0 Å². The first-order valence-corrected chi connectivity index (χ1v) is 8.60. The normalized spacial score (nSPS) is 24.2. The molecule has 3 rings (SSSR count). The molecule has 6 nitrogen and oxygen atoms in total. The molecule has 0 bridgehead atoms. The van der Waals surface area contributed by atoms with E-state index in [0.29, 0.717) is 24.9 Å². The van der Waals surface area contributed by atoms with Crippen LogP contribution < -0.4 is 10.6 Å². The lowest BCUT2D eigenvalue weighted by molar-refractivity contribution is -0.116. The Balaban J connectivity index is 1.51. The lowest BCUT2D eigenvalue weighted by Gasteiger charge is -2.35. The van der Waals surface area contributed by atoms with Crippen molar-refractivity contribution in [3.8, 4) is 0 Å². The Labute approximate surface area is 142 Å². The van der Waals surface area contributed by atoms with E-state index in [9.17, 15) is 9.59 Å². The number of nitrogens with one attached hydrogen (secondary N) is 2. The highest BCUT2D eigenvalue weighted by atomic mass is 16.5. The summed E-state index contributed by atoms with van der Waals surface area (Å²) in [7, 11) is 0. The Hall–Kier alpha value is -1.92. The van der Waals surface area contributed by atoms with Gasteiger partial charge in [-0.1, -0.05) is 0 Å².